The fraction of sp³-hybridized carbons (Fsp3) is 0.500. The minimum Gasteiger partial charge on any atom is -0.480 e. The van der Waals surface area contributed by atoms with Crippen LogP contribution in [0.4, 0.5) is 0 Å². The van der Waals surface area contributed by atoms with E-state index in [0.717, 1.165) is 0 Å². The molecule has 0 aromatic rings. The quantitative estimate of drug-likeness (QED) is 0.409. The summed E-state index contributed by atoms with van der Waals surface area (Å²) in [5.41, 5.74) is 4.88. The van der Waals surface area contributed by atoms with Crippen molar-refractivity contribution in [3.8, 4) is 0 Å². The van der Waals surface area contributed by atoms with Gasteiger partial charge in [-0.05, 0) is 0 Å². The van der Waals surface area contributed by atoms with E-state index in [4.69, 9.17) is 20.6 Å². The smallest absolute Gasteiger partial charge is 0.480 e. The molecule has 0 spiro atoms. The van der Waals surface area contributed by atoms with Gasteiger partial charge in [0.05, 0.1) is 6.42 Å². The number of carboxylic acid groups (broad SMARTS) is 1. The zero-order valence-electron chi connectivity index (χ0n) is 6.28. The molecule has 0 aromatic carbocycles. The first kappa shape index (κ1) is 12.0. The standard InChI is InChI=1S/C4H8NO7P/c5-2(4(7)8)1-3(6)12-13(9,10)11/h2H,1,5H2,(H,7,8)(H2,9,10,11). The van der Waals surface area contributed by atoms with Gasteiger partial charge in [-0.3, -0.25) is 19.4 Å². The van der Waals surface area contributed by atoms with Crippen LogP contribution in [-0.2, 0) is 18.7 Å². The molecule has 13 heavy (non-hydrogen) atoms. The molecular formula is C4H8NO7P. The Hall–Kier alpha value is -0.950. The number of nitrogens with two attached hydrogens (primary N) is 1. The molecule has 76 valence electrons. The number of hydrogen-bond acceptors (Lipinski definition) is 5. The van der Waals surface area contributed by atoms with Gasteiger partial charge in [-0.15, -0.1) is 0 Å². The highest BCUT2D eigenvalue weighted by Gasteiger charge is 2.24. The highest BCUT2D eigenvalue weighted by atomic mass is 31.2. The van der Waals surface area contributed by atoms with Gasteiger partial charge in [-0.1, -0.05) is 0 Å². The molecule has 1 unspecified atom stereocenters. The first-order chi connectivity index (χ1) is 5.72. The highest BCUT2D eigenvalue weighted by Crippen LogP contribution is 2.36. The van der Waals surface area contributed by atoms with Crippen molar-refractivity contribution in [2.45, 2.75) is 12.5 Å². The number of phosphoric acid groups is 1. The van der Waals surface area contributed by atoms with Crippen LogP contribution in [0.15, 0.2) is 0 Å². The Bertz CT molecular complexity index is 257. The number of hydrogen-bond donors (Lipinski definition) is 4. The third-order valence-electron chi connectivity index (χ3n) is 0.925. The molecule has 0 saturated heterocycles. The predicted molar refractivity (Wildman–Crippen MR) is 38.4 cm³/mol. The zero-order valence-corrected chi connectivity index (χ0v) is 7.18. The molecule has 0 aromatic heterocycles. The maximum Gasteiger partial charge on any atom is 0.526 e. The second-order valence-corrected chi connectivity index (χ2v) is 3.27. The molecular weight excluding hydrogens is 205 g/mol. The Morgan fingerprint density at radius 1 is 1.46 bits per heavy atom. The molecule has 0 aliphatic heterocycles. The lowest BCUT2D eigenvalue weighted by molar-refractivity contribution is -0.144. The van der Waals surface area contributed by atoms with Crippen LogP contribution in [0, 0.1) is 0 Å². The molecule has 0 radical (unpaired) electrons. The van der Waals surface area contributed by atoms with Crippen molar-refractivity contribution < 1.29 is 33.6 Å². The summed E-state index contributed by atoms with van der Waals surface area (Å²) in [5.74, 6) is -2.81. The largest absolute Gasteiger partial charge is 0.526 e. The molecule has 9 heteroatoms. The van der Waals surface area contributed by atoms with E-state index in [-0.39, 0.29) is 0 Å². The fourth-order valence-corrected chi connectivity index (χ4v) is 0.777. The van der Waals surface area contributed by atoms with Crippen LogP contribution in [0.3, 0.4) is 0 Å². The molecule has 8 nitrogen and oxygen atoms in total. The monoisotopic (exact) mass is 213 g/mol. The zero-order chi connectivity index (χ0) is 10.6. The summed E-state index contributed by atoms with van der Waals surface area (Å²) >= 11 is 0. The lowest BCUT2D eigenvalue weighted by Crippen LogP contribution is -2.32. The van der Waals surface area contributed by atoms with Crippen molar-refractivity contribution in [2.75, 3.05) is 0 Å². The molecule has 0 aliphatic carbocycles. The van der Waals surface area contributed by atoms with E-state index in [1.54, 1.807) is 0 Å². The Morgan fingerprint density at radius 2 is 1.92 bits per heavy atom. The van der Waals surface area contributed by atoms with Gasteiger partial charge >= 0.3 is 19.8 Å². The van der Waals surface area contributed by atoms with Crippen LogP contribution in [-0.4, -0.2) is 32.9 Å². The highest BCUT2D eigenvalue weighted by molar-refractivity contribution is 7.46. The van der Waals surface area contributed by atoms with Gasteiger partial charge in [0.25, 0.3) is 0 Å². The third kappa shape index (κ3) is 6.23. The Morgan fingerprint density at radius 3 is 2.23 bits per heavy atom. The second kappa shape index (κ2) is 4.33. The van der Waals surface area contributed by atoms with Crippen molar-refractivity contribution in [3.63, 3.8) is 0 Å². The molecule has 0 heterocycles. The van der Waals surface area contributed by atoms with Crippen molar-refractivity contribution in [1.29, 1.82) is 0 Å². The van der Waals surface area contributed by atoms with E-state index in [1.807, 2.05) is 0 Å². The van der Waals surface area contributed by atoms with E-state index in [9.17, 15) is 14.2 Å². The van der Waals surface area contributed by atoms with Gasteiger partial charge in [0.1, 0.15) is 6.04 Å². The normalized spacial score (nSPS) is 13.5. The van der Waals surface area contributed by atoms with Crippen molar-refractivity contribution in [3.05, 3.63) is 0 Å². The molecule has 1 atom stereocenters. The molecule has 0 saturated carbocycles. The Kier molecular flexibility index (Phi) is 4.02. The van der Waals surface area contributed by atoms with Gasteiger partial charge in [0.2, 0.25) is 0 Å². The predicted octanol–water partition coefficient (Wildman–Crippen LogP) is -1.58. The van der Waals surface area contributed by atoms with Crippen LogP contribution in [0.1, 0.15) is 6.42 Å². The summed E-state index contributed by atoms with van der Waals surface area (Å²) < 4.78 is 13.6. The molecule has 0 bridgehead atoms. The van der Waals surface area contributed by atoms with Gasteiger partial charge < -0.3 is 15.4 Å². The summed E-state index contributed by atoms with van der Waals surface area (Å²) in [6, 6.07) is -1.53. The number of phosphoric ester groups is 1. The van der Waals surface area contributed by atoms with E-state index < -0.39 is 32.2 Å². The molecule has 0 aliphatic rings. The fourth-order valence-electron chi connectivity index (χ4n) is 0.437. The van der Waals surface area contributed by atoms with Crippen LogP contribution >= 0.6 is 7.82 Å². The SMILES string of the molecule is NC(CC(=O)OP(=O)(O)O)C(=O)O. The summed E-state index contributed by atoms with van der Waals surface area (Å²) in [6.45, 7) is 0. The van der Waals surface area contributed by atoms with Crippen molar-refractivity contribution in [2.24, 2.45) is 5.73 Å². The van der Waals surface area contributed by atoms with Gasteiger partial charge in [-0.25, -0.2) is 4.57 Å². The topological polar surface area (TPSA) is 147 Å². The van der Waals surface area contributed by atoms with Crippen LogP contribution < -0.4 is 5.73 Å². The van der Waals surface area contributed by atoms with E-state index in [0.29, 0.717) is 0 Å². The maximum atomic E-state index is 10.5. The number of carbonyl (C=O) groups excluding carboxylic acids is 1. The van der Waals surface area contributed by atoms with E-state index in [2.05, 4.69) is 4.52 Å². The summed E-state index contributed by atoms with van der Waals surface area (Å²) in [4.78, 5) is 36.8. The van der Waals surface area contributed by atoms with Gasteiger partial charge in [-0.2, -0.15) is 0 Å². The molecule has 0 fully saturated rings. The van der Waals surface area contributed by atoms with Crippen molar-refractivity contribution >= 4 is 19.8 Å². The average Bonchev–Trinajstić information content (AvgIpc) is 1.81. The number of aliphatic carboxylic acids is 1. The average molecular weight is 213 g/mol. The lowest BCUT2D eigenvalue weighted by Gasteiger charge is -2.06. The minimum atomic E-state index is -4.91. The van der Waals surface area contributed by atoms with Crippen LogP contribution in [0.5, 0.6) is 0 Å². The first-order valence-electron chi connectivity index (χ1n) is 2.98. The number of carbonyl (C=O) groups is 2. The lowest BCUT2D eigenvalue weighted by atomic mass is 10.2. The number of carboxylic acids is 1. The van der Waals surface area contributed by atoms with Crippen LogP contribution in [0.25, 0.3) is 0 Å². The molecule has 5 N–H and O–H groups in total. The van der Waals surface area contributed by atoms with Gasteiger partial charge in [0.15, 0.2) is 0 Å². The Balaban J connectivity index is 4.03. The maximum absolute atomic E-state index is 10.5. The third-order valence-corrected chi connectivity index (χ3v) is 1.37. The first-order valence-corrected chi connectivity index (χ1v) is 4.52. The number of rotatable bonds is 4. The summed E-state index contributed by atoms with van der Waals surface area (Å²) in [6.07, 6.45) is -0.791. The molecule has 0 amide bonds. The van der Waals surface area contributed by atoms with E-state index >= 15 is 0 Å². The molecule has 0 rings (SSSR count). The second-order valence-electron chi connectivity index (χ2n) is 2.10. The Labute approximate surface area is 72.5 Å². The summed E-state index contributed by atoms with van der Waals surface area (Å²) in [5, 5.41) is 8.20. The van der Waals surface area contributed by atoms with E-state index in [1.165, 1.54) is 0 Å². The van der Waals surface area contributed by atoms with Gasteiger partial charge in [0, 0.05) is 0 Å². The minimum absolute atomic E-state index is 0.791. The van der Waals surface area contributed by atoms with Crippen molar-refractivity contribution in [1.82, 2.24) is 0 Å². The van der Waals surface area contributed by atoms with Crippen LogP contribution in [0.2, 0.25) is 0 Å². The summed E-state index contributed by atoms with van der Waals surface area (Å²) in [7, 11) is -4.91.